The molecule has 124 valence electrons. The van der Waals surface area contributed by atoms with E-state index in [9.17, 15) is 5.11 Å². The number of anilines is 1. The average Bonchev–Trinajstić information content (AvgIpc) is 3.16. The van der Waals surface area contributed by atoms with Crippen LogP contribution in [0.25, 0.3) is 5.57 Å². The first-order chi connectivity index (χ1) is 11.6. The monoisotopic (exact) mass is 323 g/mol. The lowest BCUT2D eigenvalue weighted by Crippen LogP contribution is -2.38. The third-order valence-corrected chi connectivity index (χ3v) is 4.98. The highest BCUT2D eigenvalue weighted by Gasteiger charge is 2.40. The number of nitrogens with one attached hydrogen (secondary N) is 1. The normalized spacial score (nSPS) is 21.0. The smallest absolute Gasteiger partial charge is 0.189 e. The zero-order chi connectivity index (χ0) is 16.7. The molecule has 24 heavy (non-hydrogen) atoms. The topological polar surface area (TPSA) is 41.5 Å². The number of fused-ring (bicyclic) bond motifs is 3. The van der Waals surface area contributed by atoms with Crippen molar-refractivity contribution in [1.82, 2.24) is 4.48 Å². The first kappa shape index (κ1) is 15.2. The molecule has 4 heteroatoms. The minimum Gasteiger partial charge on any atom is -0.483 e. The van der Waals surface area contributed by atoms with Crippen LogP contribution in [0.5, 0.6) is 5.75 Å². The second kappa shape index (κ2) is 5.65. The van der Waals surface area contributed by atoms with Crippen molar-refractivity contribution < 1.29 is 9.84 Å². The van der Waals surface area contributed by atoms with Gasteiger partial charge in [-0.1, -0.05) is 30.3 Å². The molecule has 0 radical (unpaired) electrons. The van der Waals surface area contributed by atoms with E-state index in [2.05, 4.69) is 36.6 Å². The van der Waals surface area contributed by atoms with Gasteiger partial charge in [0.25, 0.3) is 0 Å². The van der Waals surface area contributed by atoms with Gasteiger partial charge in [-0.25, -0.2) is 4.48 Å². The Kier molecular flexibility index (Phi) is 3.59. The highest BCUT2D eigenvalue weighted by molar-refractivity contribution is 5.91. The molecule has 0 aromatic heterocycles. The first-order valence-corrected chi connectivity index (χ1v) is 8.39. The number of aliphatic hydroxyl groups excluding tert-OH is 1. The van der Waals surface area contributed by atoms with Gasteiger partial charge in [0.15, 0.2) is 18.2 Å². The van der Waals surface area contributed by atoms with Gasteiger partial charge in [0.1, 0.15) is 12.8 Å². The van der Waals surface area contributed by atoms with E-state index in [-0.39, 0.29) is 6.73 Å². The third kappa shape index (κ3) is 2.30. The second-order valence-corrected chi connectivity index (χ2v) is 6.80. The predicted molar refractivity (Wildman–Crippen MR) is 97.9 cm³/mol. The maximum absolute atomic E-state index is 10.0. The molecular weight excluding hydrogens is 300 g/mol. The third-order valence-electron chi connectivity index (χ3n) is 4.98. The quantitative estimate of drug-likeness (QED) is 0.846. The molecule has 2 aromatic carbocycles. The van der Waals surface area contributed by atoms with Gasteiger partial charge in [0, 0.05) is 23.9 Å². The fourth-order valence-corrected chi connectivity index (χ4v) is 3.87. The fourth-order valence-electron chi connectivity index (χ4n) is 3.87. The number of ether oxygens (including phenoxy) is 1. The number of benzene rings is 2. The van der Waals surface area contributed by atoms with E-state index >= 15 is 0 Å². The average molecular weight is 323 g/mol. The second-order valence-electron chi connectivity index (χ2n) is 6.80. The van der Waals surface area contributed by atoms with Gasteiger partial charge in [-0.3, -0.25) is 0 Å². The summed E-state index contributed by atoms with van der Waals surface area (Å²) in [6, 6.07) is 12.3. The Hall–Kier alpha value is -2.30. The van der Waals surface area contributed by atoms with Crippen molar-refractivity contribution in [3.8, 4) is 5.75 Å². The van der Waals surface area contributed by atoms with E-state index < -0.39 is 0 Å². The molecule has 0 aliphatic carbocycles. The van der Waals surface area contributed by atoms with Gasteiger partial charge >= 0.3 is 0 Å². The molecule has 0 saturated carbocycles. The molecule has 0 fully saturated rings. The zero-order valence-corrected chi connectivity index (χ0v) is 14.2. The summed E-state index contributed by atoms with van der Waals surface area (Å²) in [4.78, 5) is 0. The van der Waals surface area contributed by atoms with Crippen LogP contribution in [0.4, 0.5) is 11.4 Å². The lowest BCUT2D eigenvalue weighted by molar-refractivity contribution is 0.174. The van der Waals surface area contributed by atoms with Gasteiger partial charge in [-0.05, 0) is 24.5 Å². The first-order valence-electron chi connectivity index (χ1n) is 8.39. The molecule has 0 spiro atoms. The molecular formula is C20H23N2O2+. The molecule has 0 amide bonds. The highest BCUT2D eigenvalue weighted by atomic mass is 16.5. The van der Waals surface area contributed by atoms with Crippen LogP contribution in [-0.2, 0) is 13.0 Å². The number of nitrogens with zero attached hydrogens (tertiary/aromatic N) is 1. The van der Waals surface area contributed by atoms with Crippen LogP contribution in [0, 0.1) is 0 Å². The van der Waals surface area contributed by atoms with Crippen molar-refractivity contribution in [2.45, 2.75) is 20.0 Å². The van der Waals surface area contributed by atoms with Gasteiger partial charge in [0.05, 0.1) is 12.6 Å². The number of allylic oxidation sites excluding steroid dienone is 1. The molecule has 0 bridgehead atoms. The summed E-state index contributed by atoms with van der Waals surface area (Å²) in [6.07, 6.45) is 3.14. The van der Waals surface area contributed by atoms with Gasteiger partial charge < -0.3 is 15.2 Å². The molecule has 2 aromatic rings. The van der Waals surface area contributed by atoms with Crippen LogP contribution >= 0.6 is 0 Å². The van der Waals surface area contributed by atoms with E-state index in [4.69, 9.17) is 4.74 Å². The standard InChI is InChI=1S/C20H23N2O2/c1-14-11-22(2,13-23)20-18(24-12-15-6-4-3-5-7-15)10-17-16(19(14)20)8-9-21-17/h3-7,10-11,21,23H,8-9,12-13H2,1-2H3/q+1. The van der Waals surface area contributed by atoms with Crippen LogP contribution < -0.4 is 14.5 Å². The summed E-state index contributed by atoms with van der Waals surface area (Å²) in [5.74, 6) is 0.853. The van der Waals surface area contributed by atoms with E-state index in [1.165, 1.54) is 16.7 Å². The van der Waals surface area contributed by atoms with Crippen LogP contribution in [0.1, 0.15) is 23.6 Å². The Morgan fingerprint density at radius 3 is 2.79 bits per heavy atom. The summed E-state index contributed by atoms with van der Waals surface area (Å²) >= 11 is 0. The van der Waals surface area contributed by atoms with Crippen LogP contribution in [0.3, 0.4) is 0 Å². The molecule has 2 N–H and O–H groups in total. The maximum Gasteiger partial charge on any atom is 0.189 e. The van der Waals surface area contributed by atoms with Crippen molar-refractivity contribution in [2.24, 2.45) is 0 Å². The lowest BCUT2D eigenvalue weighted by atomic mass is 9.98. The molecule has 2 aliphatic rings. The summed E-state index contributed by atoms with van der Waals surface area (Å²) < 4.78 is 6.58. The Bertz CT molecular complexity index is 814. The summed E-state index contributed by atoms with van der Waals surface area (Å²) in [7, 11) is 2.03. The summed E-state index contributed by atoms with van der Waals surface area (Å²) in [5.41, 5.74) is 7.19. The number of rotatable bonds is 4. The fraction of sp³-hybridized carbons (Fsp3) is 0.300. The van der Waals surface area contributed by atoms with Crippen LogP contribution in [-0.4, -0.2) is 25.4 Å². The van der Waals surface area contributed by atoms with Gasteiger partial charge in [-0.15, -0.1) is 0 Å². The minimum absolute atomic E-state index is 0.0260. The molecule has 2 heterocycles. The van der Waals surface area contributed by atoms with Crippen LogP contribution in [0.15, 0.2) is 42.6 Å². The Morgan fingerprint density at radius 1 is 1.25 bits per heavy atom. The maximum atomic E-state index is 10.0. The van der Waals surface area contributed by atoms with Gasteiger partial charge in [0.2, 0.25) is 0 Å². The van der Waals surface area contributed by atoms with E-state index in [1.54, 1.807) is 0 Å². The van der Waals surface area contributed by atoms with Gasteiger partial charge in [-0.2, -0.15) is 0 Å². The van der Waals surface area contributed by atoms with E-state index in [0.717, 1.165) is 35.7 Å². The number of aliphatic hydroxyl groups is 1. The molecule has 1 atom stereocenters. The van der Waals surface area contributed by atoms with Crippen molar-refractivity contribution in [1.29, 1.82) is 0 Å². The van der Waals surface area contributed by atoms with Crippen molar-refractivity contribution in [3.63, 3.8) is 0 Å². The number of hydrogen-bond acceptors (Lipinski definition) is 3. The Balaban J connectivity index is 1.78. The summed E-state index contributed by atoms with van der Waals surface area (Å²) in [5, 5.41) is 13.5. The van der Waals surface area contributed by atoms with Crippen molar-refractivity contribution in [3.05, 3.63) is 59.3 Å². The van der Waals surface area contributed by atoms with Crippen LogP contribution in [0.2, 0.25) is 0 Å². The molecule has 0 saturated heterocycles. The predicted octanol–water partition coefficient (Wildman–Crippen LogP) is 3.49. The molecule has 2 aliphatic heterocycles. The number of hydrogen-bond donors (Lipinski definition) is 2. The Labute approximate surface area is 142 Å². The molecule has 4 nitrogen and oxygen atoms in total. The Morgan fingerprint density at radius 2 is 2.04 bits per heavy atom. The number of quaternary nitrogens is 1. The highest BCUT2D eigenvalue weighted by Crippen LogP contribution is 2.50. The summed E-state index contributed by atoms with van der Waals surface area (Å²) in [6.45, 7) is 3.63. The minimum atomic E-state index is 0.0260. The van der Waals surface area contributed by atoms with Crippen molar-refractivity contribution in [2.75, 3.05) is 25.6 Å². The zero-order valence-electron chi connectivity index (χ0n) is 14.2. The van der Waals surface area contributed by atoms with Crippen molar-refractivity contribution >= 4 is 16.9 Å². The van der Waals surface area contributed by atoms with E-state index in [1.807, 2.05) is 25.2 Å². The largest absolute Gasteiger partial charge is 0.483 e. The molecule has 4 rings (SSSR count). The molecule has 1 unspecified atom stereocenters. The SMILES string of the molecule is CC1=C[N+](C)(CO)c2c(OCc3ccccc3)cc3c(c21)CCN3. The van der Waals surface area contributed by atoms with E-state index in [0.29, 0.717) is 11.1 Å². The lowest BCUT2D eigenvalue weighted by Gasteiger charge is -2.27.